The van der Waals surface area contributed by atoms with Crippen LogP contribution in [0.4, 0.5) is 23.2 Å². The summed E-state index contributed by atoms with van der Waals surface area (Å²) in [6, 6.07) is 10.2. The third-order valence-corrected chi connectivity index (χ3v) is 9.97. The van der Waals surface area contributed by atoms with Gasteiger partial charge in [-0.25, -0.2) is 9.37 Å². The molecule has 0 spiro atoms. The maximum atomic E-state index is 15.0. The highest BCUT2D eigenvalue weighted by atomic mass is 32.1. The number of aromatic nitrogens is 2. The Kier molecular flexibility index (Phi) is 9.09. The van der Waals surface area contributed by atoms with Gasteiger partial charge in [0, 0.05) is 41.9 Å². The highest BCUT2D eigenvalue weighted by Crippen LogP contribution is 2.39. The van der Waals surface area contributed by atoms with Gasteiger partial charge in [0.15, 0.2) is 0 Å². The number of hydrogen-bond donors (Lipinski definition) is 3. The molecule has 0 aliphatic carbocycles. The minimum absolute atomic E-state index is 0.0606. The Bertz CT molecular complexity index is 1880. The van der Waals surface area contributed by atoms with Gasteiger partial charge < -0.3 is 10.4 Å². The lowest BCUT2D eigenvalue weighted by Gasteiger charge is -2.31. The van der Waals surface area contributed by atoms with Gasteiger partial charge in [0.05, 0.1) is 32.3 Å². The Morgan fingerprint density at radius 3 is 2.46 bits per heavy atom. The lowest BCUT2D eigenvalue weighted by Crippen LogP contribution is -2.39. The van der Waals surface area contributed by atoms with Gasteiger partial charge in [-0.2, -0.15) is 13.2 Å². The predicted molar refractivity (Wildman–Crippen MR) is 171 cm³/mol. The van der Waals surface area contributed by atoms with Crippen molar-refractivity contribution in [2.45, 2.75) is 69.7 Å². The van der Waals surface area contributed by atoms with Crippen molar-refractivity contribution in [3.8, 4) is 0 Å². The van der Waals surface area contributed by atoms with Crippen LogP contribution in [0.25, 0.3) is 10.2 Å². The van der Waals surface area contributed by atoms with Crippen LogP contribution >= 0.6 is 11.3 Å². The van der Waals surface area contributed by atoms with Crippen LogP contribution in [0.2, 0.25) is 0 Å². The summed E-state index contributed by atoms with van der Waals surface area (Å²) < 4.78 is 54.5. The molecule has 2 aliphatic rings. The Hall–Kier alpha value is -4.27. The van der Waals surface area contributed by atoms with Crippen molar-refractivity contribution in [2.24, 2.45) is 0 Å². The number of amides is 3. The molecule has 1 unspecified atom stereocenters. The molecule has 6 rings (SSSR count). The van der Waals surface area contributed by atoms with Crippen molar-refractivity contribution in [1.29, 1.82) is 0 Å². The minimum Gasteiger partial charge on any atom is -0.386 e. The summed E-state index contributed by atoms with van der Waals surface area (Å²) in [6.45, 7) is 5.20. The number of anilines is 1. The second kappa shape index (κ2) is 13.0. The van der Waals surface area contributed by atoms with E-state index in [1.165, 1.54) is 17.4 Å². The summed E-state index contributed by atoms with van der Waals surface area (Å²) in [5.74, 6) is -2.43. The number of rotatable bonds is 7. The van der Waals surface area contributed by atoms with Crippen molar-refractivity contribution in [2.75, 3.05) is 18.4 Å². The van der Waals surface area contributed by atoms with Gasteiger partial charge in [-0.1, -0.05) is 12.1 Å². The first-order valence-electron chi connectivity index (χ1n) is 15.5. The van der Waals surface area contributed by atoms with Crippen LogP contribution in [-0.4, -0.2) is 50.8 Å². The molecule has 3 amide bonds. The van der Waals surface area contributed by atoms with Crippen molar-refractivity contribution in [3.63, 3.8) is 0 Å². The molecule has 1 atom stereocenters. The van der Waals surface area contributed by atoms with Crippen molar-refractivity contribution in [1.82, 2.24) is 20.2 Å². The molecule has 252 valence electrons. The molecule has 2 aliphatic heterocycles. The van der Waals surface area contributed by atoms with Crippen molar-refractivity contribution < 1.29 is 37.1 Å². The van der Waals surface area contributed by atoms with Gasteiger partial charge in [-0.15, -0.1) is 11.3 Å². The first kappa shape index (κ1) is 33.6. The van der Waals surface area contributed by atoms with Gasteiger partial charge in [-0.05, 0) is 82.1 Å². The number of fused-ring (bicyclic) bond motifs is 1. The van der Waals surface area contributed by atoms with Crippen LogP contribution in [0.15, 0.2) is 48.7 Å². The fourth-order valence-corrected chi connectivity index (χ4v) is 7.36. The zero-order chi connectivity index (χ0) is 34.4. The fourth-order valence-electron chi connectivity index (χ4n) is 6.20. The highest BCUT2D eigenvalue weighted by molar-refractivity contribution is 7.18. The molecule has 4 aromatic rings. The molecule has 48 heavy (non-hydrogen) atoms. The van der Waals surface area contributed by atoms with Crippen LogP contribution in [0.1, 0.15) is 89.1 Å². The highest BCUT2D eigenvalue weighted by Gasteiger charge is 2.33. The number of pyridine rings is 1. The number of nitrogens with one attached hydrogen (secondary N) is 2. The van der Waals surface area contributed by atoms with Gasteiger partial charge >= 0.3 is 6.18 Å². The summed E-state index contributed by atoms with van der Waals surface area (Å²) in [5.41, 5.74) is -0.0380. The Morgan fingerprint density at radius 2 is 1.83 bits per heavy atom. The number of nitrogens with zero attached hydrogens (tertiary/aromatic N) is 3. The number of hydrogen-bond acceptors (Lipinski definition) is 8. The van der Waals surface area contributed by atoms with E-state index in [1.807, 2.05) is 6.07 Å². The van der Waals surface area contributed by atoms with Crippen molar-refractivity contribution >= 4 is 45.0 Å². The summed E-state index contributed by atoms with van der Waals surface area (Å²) in [6.07, 6.45) is -1.65. The Labute approximate surface area is 277 Å². The average Bonchev–Trinajstić information content (AvgIpc) is 3.44. The molecule has 2 saturated heterocycles. The predicted octanol–water partition coefficient (Wildman–Crippen LogP) is 6.23. The molecular weight excluding hydrogens is 650 g/mol. The zero-order valence-corrected chi connectivity index (χ0v) is 27.0. The van der Waals surface area contributed by atoms with E-state index in [0.29, 0.717) is 28.9 Å². The second-order valence-corrected chi connectivity index (χ2v) is 13.8. The van der Waals surface area contributed by atoms with Gasteiger partial charge in [0.1, 0.15) is 11.5 Å². The first-order chi connectivity index (χ1) is 22.7. The number of carbonyl (C=O) groups excluding carboxylic acids is 3. The number of aliphatic hydroxyl groups is 1. The number of alkyl halides is 3. The van der Waals surface area contributed by atoms with E-state index in [-0.39, 0.29) is 30.2 Å². The van der Waals surface area contributed by atoms with Crippen LogP contribution in [0.3, 0.4) is 0 Å². The number of likely N-dealkylation sites (tertiary alicyclic amines) is 1. The molecule has 0 saturated carbocycles. The molecular formula is C34H33F4N5O4S. The molecule has 9 nitrogen and oxygen atoms in total. The van der Waals surface area contributed by atoms with E-state index in [4.69, 9.17) is 4.98 Å². The molecule has 3 N–H and O–H groups in total. The standard InChI is InChI=1S/C34H33F4N5O4S/c1-33(2,47)23-14-26-27(15-25(23)40-30(45)20-4-7-28(39-16-20)34(36,37)38)48-32(41-26)19-9-11-43(12-10-19)17-18-3-5-21(24(35)13-18)22-6-8-29(44)42-31(22)46/h3-5,7,13-16,19,22,47H,6,8-12,17H2,1-2H3,(H,40,45)(H,42,44,46). The largest absolute Gasteiger partial charge is 0.433 e. The molecule has 4 heterocycles. The summed E-state index contributed by atoms with van der Waals surface area (Å²) in [5, 5.41) is 16.8. The number of piperidine rings is 2. The number of thiazole rings is 1. The van der Waals surface area contributed by atoms with Crippen LogP contribution in [0.5, 0.6) is 0 Å². The van der Waals surface area contributed by atoms with E-state index in [9.17, 15) is 32.7 Å². The van der Waals surface area contributed by atoms with Crippen LogP contribution in [-0.2, 0) is 27.9 Å². The number of imide groups is 1. The minimum atomic E-state index is -4.62. The molecule has 2 aromatic heterocycles. The van der Waals surface area contributed by atoms with E-state index in [0.717, 1.165) is 59.5 Å². The molecule has 2 fully saturated rings. The zero-order valence-electron chi connectivity index (χ0n) is 26.2. The van der Waals surface area contributed by atoms with E-state index in [2.05, 4.69) is 20.5 Å². The van der Waals surface area contributed by atoms with E-state index < -0.39 is 41.0 Å². The summed E-state index contributed by atoms with van der Waals surface area (Å²) >= 11 is 1.48. The lowest BCUT2D eigenvalue weighted by atomic mass is 9.89. The molecule has 14 heteroatoms. The lowest BCUT2D eigenvalue weighted by molar-refractivity contribution is -0.141. The molecule has 2 aromatic carbocycles. The first-order valence-corrected chi connectivity index (χ1v) is 16.3. The maximum Gasteiger partial charge on any atom is 0.433 e. The third-order valence-electron chi connectivity index (χ3n) is 8.79. The number of carbonyl (C=O) groups is 3. The monoisotopic (exact) mass is 683 g/mol. The average molecular weight is 684 g/mol. The summed E-state index contributed by atoms with van der Waals surface area (Å²) in [7, 11) is 0. The van der Waals surface area contributed by atoms with E-state index in [1.54, 1.807) is 32.0 Å². The van der Waals surface area contributed by atoms with Gasteiger partial charge in [0.25, 0.3) is 5.91 Å². The third kappa shape index (κ3) is 7.25. The van der Waals surface area contributed by atoms with Gasteiger partial charge in [0.2, 0.25) is 11.8 Å². The van der Waals surface area contributed by atoms with Gasteiger partial charge in [-0.3, -0.25) is 29.6 Å². The normalized spacial score (nSPS) is 18.3. The number of benzene rings is 2. The number of halogens is 4. The Balaban J connectivity index is 1.12. The molecule has 0 bridgehead atoms. The SMILES string of the molecule is CC(C)(O)c1cc2nc(C3CCN(Cc4ccc(C5CCC(=O)NC5=O)c(F)c4)CC3)sc2cc1NC(=O)c1ccc(C(F)(F)F)nc1. The molecule has 0 radical (unpaired) electrons. The fraction of sp³-hybridized carbons (Fsp3) is 0.382. The summed E-state index contributed by atoms with van der Waals surface area (Å²) in [4.78, 5) is 47.1. The quantitative estimate of drug-likeness (QED) is 0.156. The maximum absolute atomic E-state index is 15.0. The van der Waals surface area contributed by atoms with Crippen LogP contribution < -0.4 is 10.6 Å². The topological polar surface area (TPSA) is 125 Å². The van der Waals surface area contributed by atoms with Crippen molar-refractivity contribution in [3.05, 3.63) is 87.4 Å². The van der Waals surface area contributed by atoms with Crippen LogP contribution in [0, 0.1) is 5.82 Å². The Morgan fingerprint density at radius 1 is 1.08 bits per heavy atom. The smallest absolute Gasteiger partial charge is 0.386 e. The second-order valence-electron chi connectivity index (χ2n) is 12.8. The van der Waals surface area contributed by atoms with E-state index >= 15 is 4.39 Å².